The summed E-state index contributed by atoms with van der Waals surface area (Å²) in [6.07, 6.45) is 0. The first kappa shape index (κ1) is 33.4. The normalized spacial score (nSPS) is 13.6. The number of carbonyl (C=O) groups excluding carboxylic acids is 1. The number of para-hydroxylation sites is 3. The number of hydrogen-bond donors (Lipinski definition) is 0. The molecule has 0 amide bonds. The van der Waals surface area contributed by atoms with Crippen LogP contribution in [0.15, 0.2) is 206 Å². The van der Waals surface area contributed by atoms with Gasteiger partial charge in [-0.25, -0.2) is 0 Å². The zero-order valence-corrected chi connectivity index (χ0v) is 32.6. The summed E-state index contributed by atoms with van der Waals surface area (Å²) < 4.78 is 0. The van der Waals surface area contributed by atoms with Crippen LogP contribution in [-0.4, -0.2) is 19.2 Å². The summed E-state index contributed by atoms with van der Waals surface area (Å²) in [4.78, 5) is 20.2. The fourth-order valence-corrected chi connectivity index (χ4v) is 10.8. The molecular weight excluding hydrogens is 726 g/mol. The molecule has 9 aromatic carbocycles. The minimum Gasteiger partial charge on any atom is -0.312 e. The first-order valence-electron chi connectivity index (χ1n) is 20.8. The molecule has 5 heteroatoms. The monoisotopic (exact) mass is 760 g/mol. The smallest absolute Gasteiger partial charge is 0.252 e. The number of benzene rings is 9. The Morgan fingerprint density at radius 1 is 0.300 bits per heavy atom. The Kier molecular flexibility index (Phi) is 7.06. The van der Waals surface area contributed by atoms with Gasteiger partial charge in [-0.05, 0) is 86.0 Å². The van der Waals surface area contributed by atoms with Crippen LogP contribution in [0.2, 0.25) is 0 Å². The standard InChI is InChI=1S/C55H34B2N2O/c60-55-39-24-10-11-25-43(39)56-44-26-12-15-29-47(44)58-48-30-16-13-27-45(48)57-46-28-14-17-31-49(46)59(50-34-42(55)51(56)54(58)52(50)57)53-40(36-20-6-2-7-21-36)32-38(35-18-4-1-5-19-35)33-41(53)37-22-8-3-9-23-37/h1-34H. The lowest BCUT2D eigenvalue weighted by Crippen LogP contribution is -2.69. The van der Waals surface area contributed by atoms with Crippen LogP contribution >= 0.6 is 0 Å². The second kappa shape index (κ2) is 12.7. The molecule has 9 aromatic rings. The molecular formula is C55H34B2N2O. The van der Waals surface area contributed by atoms with Gasteiger partial charge in [-0.2, -0.15) is 0 Å². The number of carbonyl (C=O) groups is 1. The molecule has 0 saturated carbocycles. The highest BCUT2D eigenvalue weighted by atomic mass is 16.1. The van der Waals surface area contributed by atoms with E-state index in [4.69, 9.17) is 0 Å². The third kappa shape index (κ3) is 4.55. The second-order valence-corrected chi connectivity index (χ2v) is 16.3. The Morgan fingerprint density at radius 3 is 1.25 bits per heavy atom. The summed E-state index contributed by atoms with van der Waals surface area (Å²) in [5, 5.41) is 0. The third-order valence-corrected chi connectivity index (χ3v) is 13.2. The molecule has 60 heavy (non-hydrogen) atoms. The minimum atomic E-state index is -0.0805. The van der Waals surface area contributed by atoms with Crippen molar-refractivity contribution >= 4 is 86.1 Å². The van der Waals surface area contributed by atoms with E-state index in [0.717, 1.165) is 89.6 Å². The van der Waals surface area contributed by atoms with Gasteiger partial charge in [0, 0.05) is 50.7 Å². The van der Waals surface area contributed by atoms with Crippen molar-refractivity contribution in [2.24, 2.45) is 0 Å². The van der Waals surface area contributed by atoms with Gasteiger partial charge in [0.05, 0.1) is 5.69 Å². The Hall–Kier alpha value is -7.62. The third-order valence-electron chi connectivity index (χ3n) is 13.2. The fraction of sp³-hybridized carbons (Fsp3) is 0. The van der Waals surface area contributed by atoms with Crippen molar-refractivity contribution in [3.05, 3.63) is 217 Å². The van der Waals surface area contributed by atoms with Crippen molar-refractivity contribution in [2.45, 2.75) is 0 Å². The molecule has 0 N–H and O–H groups in total. The Morgan fingerprint density at radius 2 is 0.717 bits per heavy atom. The summed E-state index contributed by atoms with van der Waals surface area (Å²) in [5.74, 6) is 0.0791. The van der Waals surface area contributed by atoms with Gasteiger partial charge in [0.15, 0.2) is 5.78 Å². The average molecular weight is 761 g/mol. The van der Waals surface area contributed by atoms with Crippen LogP contribution in [0, 0.1) is 0 Å². The number of hydrogen-bond acceptors (Lipinski definition) is 3. The number of fused-ring (bicyclic) bond motifs is 10. The Balaban J connectivity index is 1.21. The SMILES string of the molecule is O=C1c2ccccc2B2c3ccccc3N3c4ccccc4B4c5ccccc5N(c5c(-c6ccccc6)cc(-c6ccccc6)cc5-c5ccccc5)c5cc1c2c3c54. The van der Waals surface area contributed by atoms with Gasteiger partial charge >= 0.3 is 0 Å². The van der Waals surface area contributed by atoms with Gasteiger partial charge in [0.25, 0.3) is 6.71 Å². The Bertz CT molecular complexity index is 3180. The lowest BCUT2D eigenvalue weighted by Gasteiger charge is -2.49. The molecule has 0 aliphatic carbocycles. The van der Waals surface area contributed by atoms with Crippen LogP contribution in [0.25, 0.3) is 33.4 Å². The maximum Gasteiger partial charge on any atom is 0.252 e. The van der Waals surface area contributed by atoms with Gasteiger partial charge in [0.2, 0.25) is 6.71 Å². The molecule has 3 nitrogen and oxygen atoms in total. The molecule has 0 saturated heterocycles. The lowest BCUT2D eigenvalue weighted by atomic mass is 9.28. The number of nitrogens with zero attached hydrogens (tertiary/aromatic N) is 2. The van der Waals surface area contributed by atoms with Gasteiger partial charge in [0.1, 0.15) is 0 Å². The highest BCUT2D eigenvalue weighted by Gasteiger charge is 2.51. The van der Waals surface area contributed by atoms with Crippen molar-refractivity contribution in [2.75, 3.05) is 9.80 Å². The van der Waals surface area contributed by atoms with Crippen molar-refractivity contribution in [1.29, 1.82) is 0 Å². The Labute approximate surface area is 350 Å². The predicted molar refractivity (Wildman–Crippen MR) is 251 cm³/mol. The van der Waals surface area contributed by atoms with Crippen LogP contribution in [0.1, 0.15) is 15.9 Å². The molecule has 276 valence electrons. The first-order valence-corrected chi connectivity index (χ1v) is 20.8. The zero-order chi connectivity index (χ0) is 39.5. The van der Waals surface area contributed by atoms with Crippen LogP contribution < -0.4 is 42.6 Å². The summed E-state index contributed by atoms with van der Waals surface area (Å²) in [7, 11) is 0. The average Bonchev–Trinajstić information content (AvgIpc) is 3.32. The maximum atomic E-state index is 15.2. The van der Waals surface area contributed by atoms with Crippen LogP contribution in [0.5, 0.6) is 0 Å². The minimum absolute atomic E-state index is 0.0534. The van der Waals surface area contributed by atoms with Crippen LogP contribution in [0.3, 0.4) is 0 Å². The molecule has 13 rings (SSSR count). The highest BCUT2D eigenvalue weighted by Crippen LogP contribution is 2.51. The van der Waals surface area contributed by atoms with E-state index in [1.54, 1.807) is 0 Å². The fourth-order valence-electron chi connectivity index (χ4n) is 10.8. The van der Waals surface area contributed by atoms with Gasteiger partial charge in [-0.15, -0.1) is 0 Å². The summed E-state index contributed by atoms with van der Waals surface area (Å²) in [6.45, 7) is -0.134. The zero-order valence-electron chi connectivity index (χ0n) is 32.6. The van der Waals surface area contributed by atoms with E-state index < -0.39 is 0 Å². The van der Waals surface area contributed by atoms with Crippen LogP contribution in [-0.2, 0) is 0 Å². The molecule has 0 radical (unpaired) electrons. The summed E-state index contributed by atoms with van der Waals surface area (Å²) >= 11 is 0. The summed E-state index contributed by atoms with van der Waals surface area (Å²) in [6, 6.07) is 74.3. The molecule has 0 fully saturated rings. The quantitative estimate of drug-likeness (QED) is 0.167. The number of anilines is 6. The first-order chi connectivity index (χ1) is 29.7. The van der Waals surface area contributed by atoms with E-state index in [0.29, 0.717) is 0 Å². The van der Waals surface area contributed by atoms with E-state index in [9.17, 15) is 0 Å². The topological polar surface area (TPSA) is 23.6 Å². The van der Waals surface area contributed by atoms with Crippen molar-refractivity contribution in [1.82, 2.24) is 0 Å². The molecule has 4 aliphatic heterocycles. The largest absolute Gasteiger partial charge is 0.312 e. The molecule has 0 bridgehead atoms. The molecule has 4 heterocycles. The van der Waals surface area contributed by atoms with E-state index >= 15 is 4.79 Å². The van der Waals surface area contributed by atoms with E-state index in [-0.39, 0.29) is 19.2 Å². The molecule has 0 unspecified atom stereocenters. The summed E-state index contributed by atoms with van der Waals surface area (Å²) in [5.41, 5.74) is 22.2. The van der Waals surface area contributed by atoms with Gasteiger partial charge < -0.3 is 9.80 Å². The molecule has 0 atom stereocenters. The molecule has 4 aliphatic rings. The molecule has 0 spiro atoms. The van der Waals surface area contributed by atoms with E-state index in [1.165, 1.54) is 21.9 Å². The highest BCUT2D eigenvalue weighted by molar-refractivity contribution is 7.04. The number of rotatable bonds is 4. The molecule has 0 aromatic heterocycles. The van der Waals surface area contributed by atoms with Gasteiger partial charge in [-0.1, -0.05) is 175 Å². The second-order valence-electron chi connectivity index (χ2n) is 16.3. The van der Waals surface area contributed by atoms with Crippen molar-refractivity contribution < 1.29 is 4.79 Å². The lowest BCUT2D eigenvalue weighted by molar-refractivity contribution is 0.104. The van der Waals surface area contributed by atoms with E-state index in [1.807, 2.05) is 12.1 Å². The van der Waals surface area contributed by atoms with Crippen LogP contribution in [0.4, 0.5) is 34.1 Å². The number of ketones is 1. The van der Waals surface area contributed by atoms with Crippen molar-refractivity contribution in [3.63, 3.8) is 0 Å². The van der Waals surface area contributed by atoms with Crippen molar-refractivity contribution in [3.8, 4) is 33.4 Å². The van der Waals surface area contributed by atoms with E-state index in [2.05, 4.69) is 204 Å². The maximum absolute atomic E-state index is 15.2. The predicted octanol–water partition coefficient (Wildman–Crippen LogP) is 9.14. The van der Waals surface area contributed by atoms with Gasteiger partial charge in [-0.3, -0.25) is 4.79 Å².